The highest BCUT2D eigenvalue weighted by Gasteiger charge is 2.37. The van der Waals surface area contributed by atoms with Gasteiger partial charge in [0, 0.05) is 42.0 Å². The van der Waals surface area contributed by atoms with Crippen LogP contribution >= 0.6 is 0 Å². The van der Waals surface area contributed by atoms with Crippen molar-refractivity contribution in [2.75, 3.05) is 31.5 Å². The molecule has 1 aromatic carbocycles. The maximum Gasteiger partial charge on any atom is 0.0538 e. The van der Waals surface area contributed by atoms with Crippen LogP contribution in [0.4, 0.5) is 5.69 Å². The van der Waals surface area contributed by atoms with Crippen molar-refractivity contribution >= 4 is 23.7 Å². The number of anilines is 1. The molecule has 1 saturated heterocycles. The zero-order valence-corrected chi connectivity index (χ0v) is 17.4. The molecule has 2 aliphatic heterocycles. The van der Waals surface area contributed by atoms with E-state index in [1.165, 1.54) is 23.1 Å². The average Bonchev–Trinajstić information content (AvgIpc) is 2.75. The SMILES string of the molecule is CCNc1ccc(C2=CC3=CC=NC[C@]3(C)C(NC3CCNCC3)=C2)cc1C=N. The second-order valence-electron chi connectivity index (χ2n) is 8.25. The van der Waals surface area contributed by atoms with E-state index in [4.69, 9.17) is 5.41 Å². The molecule has 0 bridgehead atoms. The van der Waals surface area contributed by atoms with Crippen molar-refractivity contribution in [2.45, 2.75) is 32.7 Å². The molecule has 1 atom stereocenters. The number of benzene rings is 1. The Hall–Kier alpha value is -2.66. The van der Waals surface area contributed by atoms with E-state index < -0.39 is 0 Å². The van der Waals surface area contributed by atoms with Crippen molar-refractivity contribution in [1.29, 1.82) is 5.41 Å². The van der Waals surface area contributed by atoms with Gasteiger partial charge in [-0.05, 0) is 80.8 Å². The van der Waals surface area contributed by atoms with Crippen LogP contribution in [0.1, 0.15) is 37.8 Å². The maximum absolute atomic E-state index is 7.81. The summed E-state index contributed by atoms with van der Waals surface area (Å²) >= 11 is 0. The van der Waals surface area contributed by atoms with E-state index in [-0.39, 0.29) is 5.41 Å². The number of hydrogen-bond acceptors (Lipinski definition) is 5. The summed E-state index contributed by atoms with van der Waals surface area (Å²) in [5.41, 5.74) is 6.71. The molecule has 0 radical (unpaired) electrons. The Balaban J connectivity index is 1.71. The number of piperidine rings is 1. The lowest BCUT2D eigenvalue weighted by atomic mass is 9.72. The van der Waals surface area contributed by atoms with Crippen LogP contribution in [-0.2, 0) is 0 Å². The number of nitrogens with zero attached hydrogens (tertiary/aromatic N) is 1. The maximum atomic E-state index is 7.81. The zero-order chi connectivity index (χ0) is 20.3. The van der Waals surface area contributed by atoms with Gasteiger partial charge in [-0.15, -0.1) is 0 Å². The number of rotatable bonds is 6. The second-order valence-corrected chi connectivity index (χ2v) is 8.25. The molecule has 5 heteroatoms. The van der Waals surface area contributed by atoms with Crippen molar-refractivity contribution < 1.29 is 0 Å². The first-order valence-electron chi connectivity index (χ1n) is 10.6. The lowest BCUT2D eigenvalue weighted by molar-refractivity contribution is 0.368. The number of aliphatic imine (C=N–C) groups is 1. The smallest absolute Gasteiger partial charge is 0.0538 e. The lowest BCUT2D eigenvalue weighted by Gasteiger charge is -2.40. The summed E-state index contributed by atoms with van der Waals surface area (Å²) in [5, 5.41) is 18.5. The van der Waals surface area contributed by atoms with E-state index in [2.05, 4.69) is 71.2 Å². The zero-order valence-electron chi connectivity index (χ0n) is 17.4. The van der Waals surface area contributed by atoms with Crippen molar-refractivity contribution in [2.24, 2.45) is 10.4 Å². The first kappa shape index (κ1) is 19.6. The molecule has 0 unspecified atom stereocenters. The van der Waals surface area contributed by atoms with Crippen molar-refractivity contribution in [3.63, 3.8) is 0 Å². The minimum absolute atomic E-state index is 0.1000. The minimum Gasteiger partial charge on any atom is -0.385 e. The van der Waals surface area contributed by atoms with Gasteiger partial charge in [-0.3, -0.25) is 4.99 Å². The van der Waals surface area contributed by atoms with Gasteiger partial charge in [0.05, 0.1) is 12.0 Å². The number of fused-ring (bicyclic) bond motifs is 1. The molecule has 29 heavy (non-hydrogen) atoms. The quantitative estimate of drug-likeness (QED) is 0.560. The van der Waals surface area contributed by atoms with Crippen LogP contribution in [0.5, 0.6) is 0 Å². The third kappa shape index (κ3) is 3.92. The van der Waals surface area contributed by atoms with E-state index in [0.717, 1.165) is 55.8 Å². The van der Waals surface area contributed by atoms with Crippen LogP contribution in [0.25, 0.3) is 5.57 Å². The predicted molar refractivity (Wildman–Crippen MR) is 123 cm³/mol. The highest BCUT2D eigenvalue weighted by Crippen LogP contribution is 2.43. The van der Waals surface area contributed by atoms with Crippen molar-refractivity contribution in [3.05, 3.63) is 58.8 Å². The van der Waals surface area contributed by atoms with Gasteiger partial charge in [0.15, 0.2) is 0 Å². The average molecular weight is 390 g/mol. The Bertz CT molecular complexity index is 902. The highest BCUT2D eigenvalue weighted by atomic mass is 15.0. The third-order valence-corrected chi connectivity index (χ3v) is 6.22. The van der Waals surface area contributed by atoms with Gasteiger partial charge in [-0.1, -0.05) is 12.1 Å². The van der Waals surface area contributed by atoms with Gasteiger partial charge in [0.2, 0.25) is 0 Å². The molecule has 0 saturated carbocycles. The monoisotopic (exact) mass is 389 g/mol. The van der Waals surface area contributed by atoms with Crippen LogP contribution in [0.2, 0.25) is 0 Å². The predicted octanol–water partition coefficient (Wildman–Crippen LogP) is 3.76. The molecule has 1 aromatic rings. The van der Waals surface area contributed by atoms with E-state index >= 15 is 0 Å². The number of nitrogens with one attached hydrogen (secondary N) is 4. The number of dihydropyridines is 1. The Morgan fingerprint density at radius 1 is 1.28 bits per heavy atom. The fourth-order valence-corrected chi connectivity index (χ4v) is 4.38. The van der Waals surface area contributed by atoms with Crippen LogP contribution in [0.3, 0.4) is 0 Å². The first-order chi connectivity index (χ1) is 14.1. The van der Waals surface area contributed by atoms with Crippen LogP contribution < -0.4 is 16.0 Å². The largest absolute Gasteiger partial charge is 0.385 e. The lowest BCUT2D eigenvalue weighted by Crippen LogP contribution is -2.45. The third-order valence-electron chi connectivity index (χ3n) is 6.22. The van der Waals surface area contributed by atoms with Gasteiger partial charge in [0.1, 0.15) is 0 Å². The molecular weight excluding hydrogens is 358 g/mol. The first-order valence-corrected chi connectivity index (χ1v) is 10.6. The molecule has 5 nitrogen and oxygen atoms in total. The van der Waals surface area contributed by atoms with Gasteiger partial charge < -0.3 is 21.4 Å². The highest BCUT2D eigenvalue weighted by molar-refractivity contribution is 5.90. The van der Waals surface area contributed by atoms with E-state index in [0.29, 0.717) is 6.04 Å². The summed E-state index contributed by atoms with van der Waals surface area (Å²) in [7, 11) is 0. The van der Waals surface area contributed by atoms with E-state index in [1.807, 2.05) is 6.21 Å². The Morgan fingerprint density at radius 3 is 2.86 bits per heavy atom. The van der Waals surface area contributed by atoms with Crippen LogP contribution in [0.15, 0.2) is 52.7 Å². The van der Waals surface area contributed by atoms with Crippen molar-refractivity contribution in [3.8, 4) is 0 Å². The standard InChI is InChI=1S/C24H31N5/c1-3-28-22-5-4-17(12-19(22)15-25)18-13-20-6-9-27-16-24(20,2)23(14-18)29-21-7-10-26-11-8-21/h4-6,9,12-15,21,25-26,28-29H,3,7-8,10-11,16H2,1-2H3/t24-/m0/s1. The topological polar surface area (TPSA) is 72.3 Å². The van der Waals surface area contributed by atoms with Gasteiger partial charge in [-0.2, -0.15) is 0 Å². The molecule has 4 N–H and O–H groups in total. The molecule has 152 valence electrons. The molecular formula is C24H31N5. The Morgan fingerprint density at radius 2 is 2.10 bits per heavy atom. The van der Waals surface area contributed by atoms with Gasteiger partial charge >= 0.3 is 0 Å². The molecule has 4 rings (SSSR count). The van der Waals surface area contributed by atoms with E-state index in [9.17, 15) is 0 Å². The molecule has 2 heterocycles. The summed E-state index contributed by atoms with van der Waals surface area (Å²) < 4.78 is 0. The molecule has 1 fully saturated rings. The molecule has 0 spiro atoms. The second kappa shape index (κ2) is 8.37. The summed E-state index contributed by atoms with van der Waals surface area (Å²) in [6.07, 6.45) is 12.4. The van der Waals surface area contributed by atoms with Gasteiger partial charge in [0.25, 0.3) is 0 Å². The van der Waals surface area contributed by atoms with Crippen LogP contribution in [0, 0.1) is 10.8 Å². The Kier molecular flexibility index (Phi) is 5.67. The summed E-state index contributed by atoms with van der Waals surface area (Å²) in [6, 6.07) is 6.84. The molecule has 0 amide bonds. The number of hydrogen-bond donors (Lipinski definition) is 4. The number of allylic oxidation sites excluding steroid dienone is 4. The summed E-state index contributed by atoms with van der Waals surface area (Å²) in [4.78, 5) is 4.57. The normalized spacial score (nSPS) is 24.1. The minimum atomic E-state index is -0.1000. The summed E-state index contributed by atoms with van der Waals surface area (Å²) in [5.74, 6) is 0. The van der Waals surface area contributed by atoms with Gasteiger partial charge in [-0.25, -0.2) is 0 Å². The van der Waals surface area contributed by atoms with Crippen molar-refractivity contribution in [1.82, 2.24) is 10.6 Å². The van der Waals surface area contributed by atoms with E-state index in [1.54, 1.807) is 0 Å². The summed E-state index contributed by atoms with van der Waals surface area (Å²) in [6.45, 7) is 8.12. The molecule has 0 aromatic heterocycles. The fraction of sp³-hybridized carbons (Fsp3) is 0.417. The molecule has 1 aliphatic carbocycles. The fourth-order valence-electron chi connectivity index (χ4n) is 4.38. The molecule has 3 aliphatic rings. The Labute approximate surface area is 173 Å². The van der Waals surface area contributed by atoms with Crippen LogP contribution in [-0.4, -0.2) is 44.7 Å².